The quantitative estimate of drug-likeness (QED) is 0.161. The maximum absolute atomic E-state index is 15.0. The average Bonchev–Trinajstić information content (AvgIpc) is 3.59. The van der Waals surface area contributed by atoms with Gasteiger partial charge in [0.05, 0.1) is 58.0 Å². The molecule has 0 saturated carbocycles. The molecule has 54 heavy (non-hydrogen) atoms. The highest BCUT2D eigenvalue weighted by Crippen LogP contribution is 2.37. The first-order valence-electron chi connectivity index (χ1n) is 17.1. The lowest BCUT2D eigenvalue weighted by Gasteiger charge is -2.43. The van der Waals surface area contributed by atoms with Crippen LogP contribution >= 0.6 is 23.2 Å². The van der Waals surface area contributed by atoms with Crippen LogP contribution in [0.1, 0.15) is 22.8 Å². The first kappa shape index (κ1) is 39.8. The number of carbonyl (C=O) groups excluding carboxylic acids is 1. The van der Waals surface area contributed by atoms with Crippen LogP contribution in [0.2, 0.25) is 10.0 Å². The minimum atomic E-state index is -4.88. The lowest BCUT2D eigenvalue weighted by Crippen LogP contribution is -2.61. The summed E-state index contributed by atoms with van der Waals surface area (Å²) in [7, 11) is 0. The van der Waals surface area contributed by atoms with Crippen LogP contribution < -0.4 is 9.80 Å². The van der Waals surface area contributed by atoms with Crippen molar-refractivity contribution >= 4 is 40.4 Å². The van der Waals surface area contributed by atoms with E-state index >= 15 is 4.79 Å². The summed E-state index contributed by atoms with van der Waals surface area (Å²) in [4.78, 5) is 22.1. The molecule has 6 rings (SSSR count). The lowest BCUT2D eigenvalue weighted by molar-refractivity contribution is -0.142. The number of anilines is 2. The minimum absolute atomic E-state index is 0.0358. The zero-order valence-electron chi connectivity index (χ0n) is 29.1. The van der Waals surface area contributed by atoms with Gasteiger partial charge in [0.15, 0.2) is 17.2 Å². The molecule has 0 N–H and O–H groups in total. The molecule has 2 aromatic carbocycles. The Morgan fingerprint density at radius 1 is 0.630 bits per heavy atom. The van der Waals surface area contributed by atoms with Gasteiger partial charge in [-0.2, -0.15) is 36.5 Å². The zero-order chi connectivity index (χ0) is 39.1. The van der Waals surface area contributed by atoms with Gasteiger partial charge in [-0.05, 0) is 38.1 Å². The molecule has 2 aliphatic rings. The molecule has 19 heteroatoms. The van der Waals surface area contributed by atoms with Crippen LogP contribution in [-0.2, 0) is 30.2 Å². The highest BCUT2D eigenvalue weighted by Gasteiger charge is 2.43. The SMILES string of the molecule is Cc1c(Cl)c(C(F)(F)F)nn1CC(C(=O)C(Cn1nc(C(F)(F)F)c(Cl)c1C)N1CCN(c2ccccc2F)CC1)N1CCN(c2ccccc2F)CC1. The van der Waals surface area contributed by atoms with Gasteiger partial charge in [-0.1, -0.05) is 47.5 Å². The van der Waals surface area contributed by atoms with Crippen molar-refractivity contribution in [2.24, 2.45) is 0 Å². The van der Waals surface area contributed by atoms with E-state index in [1.165, 1.54) is 26.0 Å². The van der Waals surface area contributed by atoms with Crippen molar-refractivity contribution in [2.45, 2.75) is 51.4 Å². The maximum atomic E-state index is 15.0. The molecule has 2 aliphatic heterocycles. The number of piperazine rings is 2. The normalized spacial score (nSPS) is 17.6. The van der Waals surface area contributed by atoms with Gasteiger partial charge in [0.25, 0.3) is 0 Å². The Morgan fingerprint density at radius 2 is 0.963 bits per heavy atom. The van der Waals surface area contributed by atoms with Gasteiger partial charge in [-0.3, -0.25) is 24.0 Å². The van der Waals surface area contributed by atoms with Crippen LogP contribution in [0.4, 0.5) is 46.5 Å². The van der Waals surface area contributed by atoms with Crippen LogP contribution in [0.5, 0.6) is 0 Å². The molecule has 0 bridgehead atoms. The molecule has 2 aromatic heterocycles. The summed E-state index contributed by atoms with van der Waals surface area (Å²) >= 11 is 12.2. The van der Waals surface area contributed by atoms with E-state index in [2.05, 4.69) is 10.2 Å². The second-order valence-corrected chi connectivity index (χ2v) is 14.0. The van der Waals surface area contributed by atoms with E-state index in [-0.39, 0.29) is 76.8 Å². The van der Waals surface area contributed by atoms with Crippen molar-refractivity contribution in [2.75, 3.05) is 62.2 Å². The molecule has 2 fully saturated rings. The number of carbonyl (C=O) groups is 1. The van der Waals surface area contributed by atoms with Crippen molar-refractivity contribution in [1.29, 1.82) is 0 Å². The van der Waals surface area contributed by atoms with Gasteiger partial charge < -0.3 is 9.80 Å². The van der Waals surface area contributed by atoms with Gasteiger partial charge in [0, 0.05) is 52.4 Å². The third kappa shape index (κ3) is 8.19. The van der Waals surface area contributed by atoms with Crippen LogP contribution in [0.25, 0.3) is 0 Å². The fraction of sp³-hybridized carbons (Fsp3) is 0.457. The van der Waals surface area contributed by atoms with Gasteiger partial charge in [-0.15, -0.1) is 0 Å². The van der Waals surface area contributed by atoms with E-state index in [1.807, 2.05) is 0 Å². The second kappa shape index (κ2) is 15.7. The molecule has 0 amide bonds. The third-order valence-electron chi connectivity index (χ3n) is 10.0. The molecule has 4 heterocycles. The molecule has 0 aliphatic carbocycles. The predicted octanol–water partition coefficient (Wildman–Crippen LogP) is 6.97. The topological polar surface area (TPSA) is 65.7 Å². The first-order chi connectivity index (χ1) is 25.5. The highest BCUT2D eigenvalue weighted by atomic mass is 35.5. The molecular formula is C35H36Cl2F8N8O. The molecule has 9 nitrogen and oxygen atoms in total. The summed E-state index contributed by atoms with van der Waals surface area (Å²) in [5, 5.41) is 6.23. The van der Waals surface area contributed by atoms with Gasteiger partial charge in [0.1, 0.15) is 11.6 Å². The van der Waals surface area contributed by atoms with Gasteiger partial charge in [-0.25, -0.2) is 8.78 Å². The van der Waals surface area contributed by atoms with Crippen molar-refractivity contribution in [3.63, 3.8) is 0 Å². The second-order valence-electron chi connectivity index (χ2n) is 13.2. The largest absolute Gasteiger partial charge is 0.436 e. The van der Waals surface area contributed by atoms with Crippen molar-refractivity contribution in [1.82, 2.24) is 29.4 Å². The number of Topliss-reactive ketones (excluding diaryl/α,β-unsaturated/α-hetero) is 1. The monoisotopic (exact) mass is 806 g/mol. The Balaban J connectivity index is 1.36. The number of aromatic nitrogens is 4. The Morgan fingerprint density at radius 3 is 1.26 bits per heavy atom. The predicted molar refractivity (Wildman–Crippen MR) is 187 cm³/mol. The number of hydrogen-bond acceptors (Lipinski definition) is 7. The first-order valence-corrected chi connectivity index (χ1v) is 17.8. The van der Waals surface area contributed by atoms with Crippen molar-refractivity contribution in [3.05, 3.63) is 93.0 Å². The zero-order valence-corrected chi connectivity index (χ0v) is 30.6. The fourth-order valence-corrected chi connectivity index (χ4v) is 7.54. The van der Waals surface area contributed by atoms with Gasteiger partial charge in [0.2, 0.25) is 0 Å². The summed E-state index contributed by atoms with van der Waals surface area (Å²) in [5.41, 5.74) is -2.01. The maximum Gasteiger partial charge on any atom is 0.436 e. The Bertz CT molecular complexity index is 1830. The Hall–Kier alpha value is -3.93. The molecule has 2 atom stereocenters. The molecule has 292 valence electrons. The number of rotatable bonds is 10. The number of halogens is 10. The number of hydrogen-bond donors (Lipinski definition) is 0. The molecule has 4 aromatic rings. The molecule has 2 unspecified atom stereocenters. The van der Waals surface area contributed by atoms with Crippen LogP contribution in [0.3, 0.4) is 0 Å². The van der Waals surface area contributed by atoms with Gasteiger partial charge >= 0.3 is 12.4 Å². The molecule has 2 saturated heterocycles. The minimum Gasteiger partial charge on any atom is -0.367 e. The van der Waals surface area contributed by atoms with E-state index in [0.717, 1.165) is 9.36 Å². The number of nitrogens with zero attached hydrogens (tertiary/aromatic N) is 8. The summed E-state index contributed by atoms with van der Waals surface area (Å²) in [6, 6.07) is 10.0. The van der Waals surface area contributed by atoms with E-state index in [0.29, 0.717) is 11.4 Å². The number of ketones is 1. The van der Waals surface area contributed by atoms with E-state index in [9.17, 15) is 35.1 Å². The Labute approximate surface area is 315 Å². The summed E-state index contributed by atoms with van der Waals surface area (Å²) in [6.07, 6.45) is -9.77. The van der Waals surface area contributed by atoms with Crippen LogP contribution in [0.15, 0.2) is 48.5 Å². The summed E-state index contributed by atoms with van der Waals surface area (Å²) < 4.78 is 115. The number of benzene rings is 2. The molecule has 0 spiro atoms. The highest BCUT2D eigenvalue weighted by molar-refractivity contribution is 6.32. The molecular weight excluding hydrogens is 771 g/mol. The average molecular weight is 808 g/mol. The number of alkyl halides is 6. The molecule has 0 radical (unpaired) electrons. The van der Waals surface area contributed by atoms with Crippen molar-refractivity contribution < 1.29 is 39.9 Å². The Kier molecular flexibility index (Phi) is 11.5. The standard InChI is InChI=1S/C35H36Cl2F8N8O/c1-21-29(36)32(34(40,41)42)46-52(21)19-27(50-15-11-48(12-16-50)25-9-5-3-7-23(25)38)31(54)28(20-53-22(2)30(37)33(47-53)35(43,44)45)51-17-13-49(14-18-51)26-10-6-4-8-24(26)39/h3-10,27-28H,11-20H2,1-2H3. The van der Waals surface area contributed by atoms with E-state index in [1.54, 1.807) is 56.0 Å². The van der Waals surface area contributed by atoms with Crippen LogP contribution in [0, 0.1) is 25.5 Å². The summed E-state index contributed by atoms with van der Waals surface area (Å²) in [6.45, 7) is 3.69. The third-order valence-corrected chi connectivity index (χ3v) is 11.0. The van der Waals surface area contributed by atoms with Crippen LogP contribution in [-0.4, -0.2) is 99.6 Å². The van der Waals surface area contributed by atoms with Crippen molar-refractivity contribution in [3.8, 4) is 0 Å². The lowest BCUT2D eigenvalue weighted by atomic mass is 9.99. The van der Waals surface area contributed by atoms with E-state index < -0.39 is 63.3 Å². The smallest absolute Gasteiger partial charge is 0.367 e. The van der Waals surface area contributed by atoms with E-state index in [4.69, 9.17) is 23.2 Å². The number of para-hydroxylation sites is 2. The summed E-state index contributed by atoms with van der Waals surface area (Å²) in [5.74, 6) is -1.41. The fourth-order valence-electron chi connectivity index (χ4n) is 7.05.